The van der Waals surface area contributed by atoms with Crippen molar-refractivity contribution >= 4 is 0 Å². The highest BCUT2D eigenvalue weighted by atomic mass is 19.1. The molecule has 0 amide bonds. The Morgan fingerprint density at radius 2 is 2.20 bits per heavy atom. The molecule has 2 rings (SSSR count). The molecule has 112 valence electrons. The predicted molar refractivity (Wildman–Crippen MR) is 81.2 cm³/mol. The number of likely N-dealkylation sites (tertiary alicyclic amines) is 1. The van der Waals surface area contributed by atoms with E-state index < -0.39 is 0 Å². The molecule has 1 heterocycles. The molecule has 20 heavy (non-hydrogen) atoms. The molecular formula is C16H26FN3. The second-order valence-corrected chi connectivity index (χ2v) is 6.05. The molecule has 1 aromatic rings. The molecule has 0 aliphatic carbocycles. The zero-order valence-electron chi connectivity index (χ0n) is 12.8. The Hall–Kier alpha value is -0.970. The summed E-state index contributed by atoms with van der Waals surface area (Å²) >= 11 is 0. The van der Waals surface area contributed by atoms with Crippen molar-refractivity contribution < 1.29 is 4.39 Å². The van der Waals surface area contributed by atoms with Gasteiger partial charge in [-0.3, -0.25) is 4.90 Å². The summed E-state index contributed by atoms with van der Waals surface area (Å²) in [5.41, 5.74) is 8.18. The van der Waals surface area contributed by atoms with Crippen LogP contribution in [0, 0.1) is 12.7 Å². The van der Waals surface area contributed by atoms with E-state index in [4.69, 9.17) is 5.73 Å². The van der Waals surface area contributed by atoms with Crippen molar-refractivity contribution in [3.63, 3.8) is 0 Å². The van der Waals surface area contributed by atoms with Crippen molar-refractivity contribution in [2.24, 2.45) is 5.73 Å². The number of halogens is 1. The van der Waals surface area contributed by atoms with E-state index in [1.165, 1.54) is 18.9 Å². The van der Waals surface area contributed by atoms with Crippen LogP contribution in [0.1, 0.15) is 30.0 Å². The van der Waals surface area contributed by atoms with E-state index >= 15 is 0 Å². The van der Waals surface area contributed by atoms with Crippen molar-refractivity contribution in [2.45, 2.75) is 31.8 Å². The molecular weight excluding hydrogens is 253 g/mol. The molecule has 0 aromatic heterocycles. The van der Waals surface area contributed by atoms with Crippen LogP contribution in [0.15, 0.2) is 18.2 Å². The predicted octanol–water partition coefficient (Wildman–Crippen LogP) is 2.16. The molecule has 2 N–H and O–H groups in total. The highest BCUT2D eigenvalue weighted by molar-refractivity contribution is 5.30. The molecule has 1 aliphatic heterocycles. The summed E-state index contributed by atoms with van der Waals surface area (Å²) in [6.07, 6.45) is 2.40. The highest BCUT2D eigenvalue weighted by Crippen LogP contribution is 2.31. The van der Waals surface area contributed by atoms with Gasteiger partial charge in [0.25, 0.3) is 0 Å². The van der Waals surface area contributed by atoms with Crippen LogP contribution in [-0.4, -0.2) is 49.6 Å². The average molecular weight is 279 g/mol. The Morgan fingerprint density at radius 3 is 2.85 bits per heavy atom. The third kappa shape index (κ3) is 3.37. The molecule has 3 nitrogen and oxygen atoms in total. The maximum atomic E-state index is 13.6. The van der Waals surface area contributed by atoms with E-state index in [1.54, 1.807) is 6.07 Å². The highest BCUT2D eigenvalue weighted by Gasteiger charge is 2.31. The molecule has 0 radical (unpaired) electrons. The molecule has 1 saturated heterocycles. The lowest BCUT2D eigenvalue weighted by Crippen LogP contribution is -2.42. The van der Waals surface area contributed by atoms with Crippen molar-refractivity contribution in [1.29, 1.82) is 0 Å². The quantitative estimate of drug-likeness (QED) is 0.896. The Kier molecular flexibility index (Phi) is 5.13. The summed E-state index contributed by atoms with van der Waals surface area (Å²) in [6.45, 7) is 4.66. The van der Waals surface area contributed by atoms with Gasteiger partial charge in [-0.25, -0.2) is 4.39 Å². The second-order valence-electron chi connectivity index (χ2n) is 6.05. The summed E-state index contributed by atoms with van der Waals surface area (Å²) in [4.78, 5) is 4.68. The molecule has 2 unspecified atom stereocenters. The monoisotopic (exact) mass is 279 g/mol. The normalized spacial score (nSPS) is 21.6. The van der Waals surface area contributed by atoms with Crippen LogP contribution >= 0.6 is 0 Å². The van der Waals surface area contributed by atoms with Gasteiger partial charge in [0, 0.05) is 25.2 Å². The molecule has 0 bridgehead atoms. The van der Waals surface area contributed by atoms with E-state index in [0.717, 1.165) is 24.2 Å². The number of hydrogen-bond acceptors (Lipinski definition) is 3. The van der Waals surface area contributed by atoms with Crippen LogP contribution in [0.25, 0.3) is 0 Å². The summed E-state index contributed by atoms with van der Waals surface area (Å²) in [6, 6.07) is 5.66. The van der Waals surface area contributed by atoms with Gasteiger partial charge in [-0.15, -0.1) is 0 Å². The first-order valence-electron chi connectivity index (χ1n) is 7.39. The second kappa shape index (κ2) is 6.66. The Bertz CT molecular complexity index is 447. The fraction of sp³-hybridized carbons (Fsp3) is 0.625. The lowest BCUT2D eigenvalue weighted by molar-refractivity contribution is 0.155. The number of rotatable bonds is 5. The summed E-state index contributed by atoms with van der Waals surface area (Å²) in [5.74, 6) is -0.174. The number of nitrogens with two attached hydrogens (primary N) is 1. The van der Waals surface area contributed by atoms with Gasteiger partial charge in [-0.05, 0) is 63.7 Å². The van der Waals surface area contributed by atoms with Crippen LogP contribution < -0.4 is 5.73 Å². The van der Waals surface area contributed by atoms with E-state index in [-0.39, 0.29) is 11.9 Å². The number of benzene rings is 1. The van der Waals surface area contributed by atoms with Gasteiger partial charge < -0.3 is 10.6 Å². The smallest absolute Gasteiger partial charge is 0.123 e. The standard InChI is InChI=1S/C16H26FN3/c1-12-6-7-13(17)9-15(12)16(10-18)20-8-4-5-14(20)11-19(2)3/h6-7,9,14,16H,4-5,8,10-11,18H2,1-3H3. The molecule has 1 fully saturated rings. The molecule has 0 saturated carbocycles. The van der Waals surface area contributed by atoms with Gasteiger partial charge in [0.15, 0.2) is 0 Å². The maximum absolute atomic E-state index is 13.6. The zero-order valence-corrected chi connectivity index (χ0v) is 12.8. The minimum Gasteiger partial charge on any atom is -0.329 e. The summed E-state index contributed by atoms with van der Waals surface area (Å²) in [7, 11) is 4.20. The first-order valence-corrected chi connectivity index (χ1v) is 7.39. The molecule has 4 heteroatoms. The maximum Gasteiger partial charge on any atom is 0.123 e. The van der Waals surface area contributed by atoms with Gasteiger partial charge in [-0.1, -0.05) is 6.07 Å². The first kappa shape index (κ1) is 15.4. The fourth-order valence-electron chi connectivity index (χ4n) is 3.30. The van der Waals surface area contributed by atoms with Gasteiger partial charge in [0.05, 0.1) is 0 Å². The van der Waals surface area contributed by atoms with E-state index in [0.29, 0.717) is 12.6 Å². The van der Waals surface area contributed by atoms with Crippen LogP contribution in [0.3, 0.4) is 0 Å². The van der Waals surface area contributed by atoms with E-state index in [1.807, 2.05) is 13.0 Å². The summed E-state index contributed by atoms with van der Waals surface area (Å²) < 4.78 is 13.6. The van der Waals surface area contributed by atoms with Crippen LogP contribution in [0.2, 0.25) is 0 Å². The Morgan fingerprint density at radius 1 is 1.45 bits per heavy atom. The van der Waals surface area contributed by atoms with Crippen LogP contribution in [0.4, 0.5) is 4.39 Å². The van der Waals surface area contributed by atoms with Gasteiger partial charge >= 0.3 is 0 Å². The Balaban J connectivity index is 2.24. The van der Waals surface area contributed by atoms with Gasteiger partial charge in [0.1, 0.15) is 5.82 Å². The van der Waals surface area contributed by atoms with Gasteiger partial charge in [-0.2, -0.15) is 0 Å². The average Bonchev–Trinajstić information content (AvgIpc) is 2.82. The Labute approximate surface area is 121 Å². The third-order valence-electron chi connectivity index (χ3n) is 4.22. The molecule has 1 aliphatic rings. The van der Waals surface area contributed by atoms with Crippen molar-refractivity contribution in [1.82, 2.24) is 9.80 Å². The number of likely N-dealkylation sites (N-methyl/N-ethyl adjacent to an activating group) is 1. The van der Waals surface area contributed by atoms with Crippen LogP contribution in [0.5, 0.6) is 0 Å². The van der Waals surface area contributed by atoms with Crippen LogP contribution in [-0.2, 0) is 0 Å². The van der Waals surface area contributed by atoms with Crippen molar-refractivity contribution in [2.75, 3.05) is 33.7 Å². The van der Waals surface area contributed by atoms with E-state index in [9.17, 15) is 4.39 Å². The molecule has 1 aromatic carbocycles. The number of hydrogen-bond donors (Lipinski definition) is 1. The van der Waals surface area contributed by atoms with Crippen molar-refractivity contribution in [3.8, 4) is 0 Å². The largest absolute Gasteiger partial charge is 0.329 e. The minimum atomic E-state index is -0.174. The molecule has 2 atom stereocenters. The number of nitrogens with zero attached hydrogens (tertiary/aromatic N) is 2. The zero-order chi connectivity index (χ0) is 14.7. The number of aryl methyl sites for hydroxylation is 1. The minimum absolute atomic E-state index is 0.123. The SMILES string of the molecule is Cc1ccc(F)cc1C(CN)N1CCCC1CN(C)C. The molecule has 0 spiro atoms. The van der Waals surface area contributed by atoms with Gasteiger partial charge in [0.2, 0.25) is 0 Å². The van der Waals surface area contributed by atoms with E-state index in [2.05, 4.69) is 23.9 Å². The lowest BCUT2D eigenvalue weighted by Gasteiger charge is -2.34. The third-order valence-corrected chi connectivity index (χ3v) is 4.22. The fourth-order valence-corrected chi connectivity index (χ4v) is 3.30. The van der Waals surface area contributed by atoms with Crippen molar-refractivity contribution in [3.05, 3.63) is 35.1 Å². The topological polar surface area (TPSA) is 32.5 Å². The summed E-state index contributed by atoms with van der Waals surface area (Å²) in [5, 5.41) is 0. The first-order chi connectivity index (χ1) is 9.52. The lowest BCUT2D eigenvalue weighted by atomic mass is 9.99.